The van der Waals surface area contributed by atoms with E-state index in [9.17, 15) is 0 Å². The summed E-state index contributed by atoms with van der Waals surface area (Å²) < 4.78 is 0. The van der Waals surface area contributed by atoms with Gasteiger partial charge in [-0.1, -0.05) is 6.07 Å². The molecule has 0 amide bonds. The largest absolute Gasteiger partial charge is 0.357 e. The number of hydrogen-bond acceptors (Lipinski definition) is 5. The topological polar surface area (TPSA) is 62.7 Å². The Balaban J connectivity index is 2.30. The predicted octanol–water partition coefficient (Wildman–Crippen LogP) is 2.58. The lowest BCUT2D eigenvalue weighted by molar-refractivity contribution is 0.984. The van der Waals surface area contributed by atoms with Gasteiger partial charge in [0.1, 0.15) is 5.82 Å². The van der Waals surface area contributed by atoms with Crippen molar-refractivity contribution in [3.8, 4) is 0 Å². The normalized spacial score (nSPS) is 10.2. The second-order valence-electron chi connectivity index (χ2n) is 4.28. The number of aryl methyl sites for hydroxylation is 3. The Morgan fingerprint density at radius 3 is 2.06 bits per heavy atom. The molecule has 0 spiro atoms. The van der Waals surface area contributed by atoms with Crippen molar-refractivity contribution in [2.24, 2.45) is 0 Å². The molecule has 0 radical (unpaired) electrons. The average molecular weight is 243 g/mol. The lowest BCUT2D eigenvalue weighted by Gasteiger charge is -2.08. The summed E-state index contributed by atoms with van der Waals surface area (Å²) in [5.41, 5.74) is 3.40. The van der Waals surface area contributed by atoms with E-state index in [1.54, 1.807) is 7.05 Å². The van der Waals surface area contributed by atoms with Crippen LogP contribution in [0.4, 0.5) is 17.6 Å². The molecule has 1 aromatic carbocycles. The molecule has 0 aliphatic rings. The van der Waals surface area contributed by atoms with Crippen LogP contribution in [0.2, 0.25) is 0 Å². The quantitative estimate of drug-likeness (QED) is 0.867. The minimum Gasteiger partial charge on any atom is -0.357 e. The van der Waals surface area contributed by atoms with Gasteiger partial charge >= 0.3 is 0 Å². The molecule has 5 heteroatoms. The number of hydrogen-bond donors (Lipinski definition) is 2. The maximum Gasteiger partial charge on any atom is 0.232 e. The van der Waals surface area contributed by atoms with Crippen molar-refractivity contribution in [2.75, 3.05) is 17.7 Å². The first-order valence-corrected chi connectivity index (χ1v) is 5.82. The minimum absolute atomic E-state index is 0.553. The summed E-state index contributed by atoms with van der Waals surface area (Å²) in [6, 6.07) is 6.25. The molecule has 0 atom stereocenters. The van der Waals surface area contributed by atoms with Crippen LogP contribution in [0, 0.1) is 20.8 Å². The lowest BCUT2D eigenvalue weighted by atomic mass is 10.1. The van der Waals surface area contributed by atoms with Gasteiger partial charge in [-0.15, -0.1) is 0 Å². The van der Waals surface area contributed by atoms with Crippen molar-refractivity contribution in [1.29, 1.82) is 0 Å². The van der Waals surface area contributed by atoms with Gasteiger partial charge in [-0.2, -0.15) is 15.0 Å². The van der Waals surface area contributed by atoms with Gasteiger partial charge < -0.3 is 10.6 Å². The van der Waals surface area contributed by atoms with Gasteiger partial charge in [-0.25, -0.2) is 0 Å². The molecule has 0 aliphatic carbocycles. The highest BCUT2D eigenvalue weighted by atomic mass is 15.2. The van der Waals surface area contributed by atoms with Crippen LogP contribution in [-0.2, 0) is 0 Å². The fourth-order valence-corrected chi connectivity index (χ4v) is 1.83. The predicted molar refractivity (Wildman–Crippen MR) is 73.3 cm³/mol. The van der Waals surface area contributed by atoms with Crippen LogP contribution in [-0.4, -0.2) is 22.0 Å². The molecule has 1 aromatic heterocycles. The monoisotopic (exact) mass is 243 g/mol. The summed E-state index contributed by atoms with van der Waals surface area (Å²) in [5, 5.41) is 6.11. The van der Waals surface area contributed by atoms with E-state index in [0.29, 0.717) is 17.7 Å². The zero-order valence-electron chi connectivity index (χ0n) is 11.1. The Labute approximate surface area is 107 Å². The van der Waals surface area contributed by atoms with E-state index in [1.165, 1.54) is 11.1 Å². The van der Waals surface area contributed by atoms with E-state index in [2.05, 4.69) is 57.6 Å². The smallest absolute Gasteiger partial charge is 0.232 e. The van der Waals surface area contributed by atoms with Gasteiger partial charge in [0.15, 0.2) is 0 Å². The number of benzene rings is 1. The van der Waals surface area contributed by atoms with Crippen molar-refractivity contribution in [3.63, 3.8) is 0 Å². The highest BCUT2D eigenvalue weighted by Gasteiger charge is 2.03. The fourth-order valence-electron chi connectivity index (χ4n) is 1.83. The summed E-state index contributed by atoms with van der Waals surface area (Å²) in [7, 11) is 1.79. The van der Waals surface area contributed by atoms with E-state index in [1.807, 2.05) is 6.92 Å². The standard InChI is InChI=1S/C13H17N5/c1-8-5-9(2)7-11(6-8)17-13-16-10(3)15-12(14-4)18-13/h5-7H,1-4H3,(H2,14,15,16,17,18). The third kappa shape index (κ3) is 2.94. The number of nitrogens with zero attached hydrogens (tertiary/aromatic N) is 3. The van der Waals surface area contributed by atoms with Gasteiger partial charge in [0.25, 0.3) is 0 Å². The molecule has 0 saturated heterocycles. The molecular weight excluding hydrogens is 226 g/mol. The molecule has 1 heterocycles. The van der Waals surface area contributed by atoms with Crippen LogP contribution < -0.4 is 10.6 Å². The van der Waals surface area contributed by atoms with Crippen molar-refractivity contribution < 1.29 is 0 Å². The van der Waals surface area contributed by atoms with E-state index in [0.717, 1.165) is 5.69 Å². The second kappa shape index (κ2) is 5.00. The number of rotatable bonds is 3. The Hall–Kier alpha value is -2.17. The number of aromatic nitrogens is 3. The third-order valence-electron chi connectivity index (χ3n) is 2.45. The molecule has 5 nitrogen and oxygen atoms in total. The maximum atomic E-state index is 4.26. The van der Waals surface area contributed by atoms with Crippen LogP contribution in [0.15, 0.2) is 18.2 Å². The summed E-state index contributed by atoms with van der Waals surface area (Å²) in [6.07, 6.45) is 0. The van der Waals surface area contributed by atoms with E-state index in [4.69, 9.17) is 0 Å². The van der Waals surface area contributed by atoms with Crippen molar-refractivity contribution in [2.45, 2.75) is 20.8 Å². The number of nitrogens with one attached hydrogen (secondary N) is 2. The van der Waals surface area contributed by atoms with E-state index in [-0.39, 0.29) is 0 Å². The molecule has 2 N–H and O–H groups in total. The molecule has 94 valence electrons. The van der Waals surface area contributed by atoms with Gasteiger partial charge in [0.2, 0.25) is 11.9 Å². The Kier molecular flexibility index (Phi) is 3.41. The molecule has 2 rings (SSSR count). The molecule has 0 fully saturated rings. The van der Waals surface area contributed by atoms with Crippen molar-refractivity contribution in [3.05, 3.63) is 35.2 Å². The minimum atomic E-state index is 0.553. The fraction of sp³-hybridized carbons (Fsp3) is 0.308. The van der Waals surface area contributed by atoms with Crippen molar-refractivity contribution >= 4 is 17.6 Å². The first-order chi connectivity index (χ1) is 8.56. The molecule has 0 bridgehead atoms. The van der Waals surface area contributed by atoms with Crippen molar-refractivity contribution in [1.82, 2.24) is 15.0 Å². The zero-order chi connectivity index (χ0) is 13.1. The van der Waals surface area contributed by atoms with Crippen LogP contribution in [0.5, 0.6) is 0 Å². The summed E-state index contributed by atoms with van der Waals surface area (Å²) in [5.74, 6) is 1.80. The Morgan fingerprint density at radius 1 is 0.833 bits per heavy atom. The molecule has 0 aliphatic heterocycles. The second-order valence-corrected chi connectivity index (χ2v) is 4.28. The molecular formula is C13H17N5. The Bertz CT molecular complexity index is 545. The summed E-state index contributed by atoms with van der Waals surface area (Å²) in [6.45, 7) is 5.97. The molecule has 2 aromatic rings. The maximum absolute atomic E-state index is 4.26. The first-order valence-electron chi connectivity index (χ1n) is 5.82. The summed E-state index contributed by atoms with van der Waals surface area (Å²) in [4.78, 5) is 12.7. The number of anilines is 3. The Morgan fingerprint density at radius 2 is 1.44 bits per heavy atom. The van der Waals surface area contributed by atoms with Gasteiger partial charge in [-0.05, 0) is 44.0 Å². The SMILES string of the molecule is CNc1nc(C)nc(Nc2cc(C)cc(C)c2)n1. The van der Waals surface area contributed by atoms with E-state index >= 15 is 0 Å². The third-order valence-corrected chi connectivity index (χ3v) is 2.45. The highest BCUT2D eigenvalue weighted by Crippen LogP contribution is 2.17. The average Bonchev–Trinajstić information content (AvgIpc) is 2.26. The zero-order valence-corrected chi connectivity index (χ0v) is 11.1. The van der Waals surface area contributed by atoms with Crippen LogP contribution in [0.3, 0.4) is 0 Å². The molecule has 0 unspecified atom stereocenters. The van der Waals surface area contributed by atoms with Gasteiger partial charge in [0, 0.05) is 12.7 Å². The van der Waals surface area contributed by atoms with Gasteiger partial charge in [0.05, 0.1) is 0 Å². The molecule has 0 saturated carbocycles. The van der Waals surface area contributed by atoms with Crippen LogP contribution >= 0.6 is 0 Å². The highest BCUT2D eigenvalue weighted by molar-refractivity contribution is 5.56. The van der Waals surface area contributed by atoms with E-state index < -0.39 is 0 Å². The molecule has 18 heavy (non-hydrogen) atoms. The lowest BCUT2D eigenvalue weighted by Crippen LogP contribution is -2.05. The van der Waals surface area contributed by atoms with Crippen LogP contribution in [0.1, 0.15) is 17.0 Å². The summed E-state index contributed by atoms with van der Waals surface area (Å²) >= 11 is 0. The first kappa shape index (κ1) is 12.3. The van der Waals surface area contributed by atoms with Gasteiger partial charge in [-0.3, -0.25) is 0 Å². The van der Waals surface area contributed by atoms with Crippen LogP contribution in [0.25, 0.3) is 0 Å².